The van der Waals surface area contributed by atoms with E-state index in [1.807, 2.05) is 0 Å². The van der Waals surface area contributed by atoms with Gasteiger partial charge in [-0.25, -0.2) is 0 Å². The smallest absolute Gasteiger partial charge is 0.0237 e. The molecule has 1 saturated carbocycles. The lowest BCUT2D eigenvalue weighted by Gasteiger charge is -2.31. The molecule has 0 bridgehead atoms. The van der Waals surface area contributed by atoms with Gasteiger partial charge in [0, 0.05) is 11.3 Å². The normalized spacial score (nSPS) is 28.5. The topological polar surface area (TPSA) is 12.0 Å². The molecule has 2 unspecified atom stereocenters. The predicted octanol–water partition coefficient (Wildman–Crippen LogP) is 4.08. The molecule has 1 aliphatic carbocycles. The Morgan fingerprint density at radius 3 is 2.62 bits per heavy atom. The summed E-state index contributed by atoms with van der Waals surface area (Å²) in [6.45, 7) is 10.6. The molecule has 0 aromatic carbocycles. The van der Waals surface area contributed by atoms with Crippen LogP contribution in [0.2, 0.25) is 0 Å². The molecule has 16 heavy (non-hydrogen) atoms. The van der Waals surface area contributed by atoms with Gasteiger partial charge in [0.05, 0.1) is 0 Å². The third-order valence-corrected chi connectivity index (χ3v) is 5.19. The van der Waals surface area contributed by atoms with E-state index < -0.39 is 0 Å². The molecule has 0 spiro atoms. The highest BCUT2D eigenvalue weighted by Gasteiger charge is 2.41. The van der Waals surface area contributed by atoms with Crippen molar-refractivity contribution in [1.29, 1.82) is 0 Å². The quantitative estimate of drug-likeness (QED) is 0.676. The van der Waals surface area contributed by atoms with Crippen molar-refractivity contribution in [3.05, 3.63) is 0 Å². The molecule has 0 radical (unpaired) electrons. The standard InChI is InChI=1S/C14H29NS/c1-5-7-11-16-12-8-9-14(3,4)13(12)15-10-6-2/h12-13,15H,5-11H2,1-4H3. The van der Waals surface area contributed by atoms with Crippen molar-refractivity contribution in [2.24, 2.45) is 5.41 Å². The highest BCUT2D eigenvalue weighted by Crippen LogP contribution is 2.43. The Hall–Kier alpha value is 0.310. The summed E-state index contributed by atoms with van der Waals surface area (Å²) >= 11 is 2.21. The van der Waals surface area contributed by atoms with E-state index in [1.165, 1.54) is 44.4 Å². The SMILES string of the molecule is CCCCSC1CCC(C)(C)C1NCCC. The minimum absolute atomic E-state index is 0.499. The van der Waals surface area contributed by atoms with Gasteiger partial charge in [0.15, 0.2) is 0 Å². The Labute approximate surface area is 106 Å². The molecule has 96 valence electrons. The zero-order chi connectivity index (χ0) is 12.0. The molecular weight excluding hydrogens is 214 g/mol. The minimum Gasteiger partial charge on any atom is -0.312 e. The van der Waals surface area contributed by atoms with Crippen molar-refractivity contribution in [1.82, 2.24) is 5.32 Å². The molecule has 1 N–H and O–H groups in total. The van der Waals surface area contributed by atoms with Crippen molar-refractivity contribution in [3.8, 4) is 0 Å². The van der Waals surface area contributed by atoms with Gasteiger partial charge in [-0.3, -0.25) is 0 Å². The van der Waals surface area contributed by atoms with Gasteiger partial charge < -0.3 is 5.32 Å². The highest BCUT2D eigenvalue weighted by atomic mass is 32.2. The summed E-state index contributed by atoms with van der Waals surface area (Å²) in [7, 11) is 0. The van der Waals surface area contributed by atoms with E-state index in [2.05, 4.69) is 44.8 Å². The third kappa shape index (κ3) is 3.96. The first-order valence-corrected chi connectivity index (χ1v) is 8.01. The number of hydrogen-bond acceptors (Lipinski definition) is 2. The van der Waals surface area contributed by atoms with Crippen molar-refractivity contribution < 1.29 is 0 Å². The zero-order valence-corrected chi connectivity index (χ0v) is 12.3. The second-order valence-corrected chi connectivity index (χ2v) is 7.07. The van der Waals surface area contributed by atoms with Gasteiger partial charge in [-0.1, -0.05) is 34.1 Å². The van der Waals surface area contributed by atoms with Gasteiger partial charge >= 0.3 is 0 Å². The fraction of sp³-hybridized carbons (Fsp3) is 1.00. The maximum atomic E-state index is 3.78. The van der Waals surface area contributed by atoms with Gasteiger partial charge in [-0.05, 0) is 43.4 Å². The van der Waals surface area contributed by atoms with Crippen LogP contribution in [0.4, 0.5) is 0 Å². The highest BCUT2D eigenvalue weighted by molar-refractivity contribution is 7.99. The molecule has 0 amide bonds. The van der Waals surface area contributed by atoms with Gasteiger partial charge in [-0.15, -0.1) is 0 Å². The van der Waals surface area contributed by atoms with Crippen LogP contribution in [-0.2, 0) is 0 Å². The molecule has 0 saturated heterocycles. The lowest BCUT2D eigenvalue weighted by atomic mass is 9.87. The van der Waals surface area contributed by atoms with Crippen LogP contribution in [0.3, 0.4) is 0 Å². The van der Waals surface area contributed by atoms with Crippen LogP contribution >= 0.6 is 11.8 Å². The van der Waals surface area contributed by atoms with Gasteiger partial charge in [0.1, 0.15) is 0 Å². The first kappa shape index (κ1) is 14.4. The Kier molecular flexibility index (Phi) is 6.20. The second-order valence-electron chi connectivity index (χ2n) is 5.72. The van der Waals surface area contributed by atoms with Crippen LogP contribution < -0.4 is 5.32 Å². The first-order valence-electron chi connectivity index (χ1n) is 6.96. The summed E-state index contributed by atoms with van der Waals surface area (Å²) in [6, 6.07) is 0.731. The second kappa shape index (κ2) is 6.90. The van der Waals surface area contributed by atoms with E-state index >= 15 is 0 Å². The van der Waals surface area contributed by atoms with E-state index in [0.29, 0.717) is 5.41 Å². The molecule has 1 fully saturated rings. The molecule has 0 heterocycles. The molecule has 1 rings (SSSR count). The fourth-order valence-corrected chi connectivity index (χ4v) is 4.31. The Morgan fingerprint density at radius 2 is 2.00 bits per heavy atom. The summed E-state index contributed by atoms with van der Waals surface area (Å²) in [5, 5.41) is 4.63. The summed E-state index contributed by atoms with van der Waals surface area (Å²) < 4.78 is 0. The molecule has 0 aliphatic heterocycles. The average Bonchev–Trinajstić information content (AvgIpc) is 2.52. The third-order valence-electron chi connectivity index (χ3n) is 3.73. The summed E-state index contributed by atoms with van der Waals surface area (Å²) in [5.74, 6) is 1.35. The predicted molar refractivity (Wildman–Crippen MR) is 76.3 cm³/mol. The van der Waals surface area contributed by atoms with Crippen LogP contribution in [0.5, 0.6) is 0 Å². The van der Waals surface area contributed by atoms with Gasteiger partial charge in [-0.2, -0.15) is 11.8 Å². The monoisotopic (exact) mass is 243 g/mol. The maximum absolute atomic E-state index is 3.78. The van der Waals surface area contributed by atoms with Gasteiger partial charge in [0.2, 0.25) is 0 Å². The molecular formula is C14H29NS. The van der Waals surface area contributed by atoms with Crippen molar-refractivity contribution in [2.75, 3.05) is 12.3 Å². The number of rotatable bonds is 7. The van der Waals surface area contributed by atoms with Crippen molar-refractivity contribution in [3.63, 3.8) is 0 Å². The number of nitrogens with one attached hydrogen (secondary N) is 1. The average molecular weight is 243 g/mol. The molecule has 1 nitrogen and oxygen atoms in total. The van der Waals surface area contributed by atoms with Crippen molar-refractivity contribution >= 4 is 11.8 Å². The van der Waals surface area contributed by atoms with Crippen LogP contribution in [-0.4, -0.2) is 23.6 Å². The lowest BCUT2D eigenvalue weighted by molar-refractivity contribution is 0.287. The minimum atomic E-state index is 0.499. The van der Waals surface area contributed by atoms with Crippen LogP contribution in [0.1, 0.15) is 59.8 Å². The van der Waals surface area contributed by atoms with E-state index in [0.717, 1.165) is 11.3 Å². The van der Waals surface area contributed by atoms with Crippen LogP contribution in [0, 0.1) is 5.41 Å². The Bertz CT molecular complexity index is 191. The molecule has 0 aromatic rings. The summed E-state index contributed by atoms with van der Waals surface area (Å²) in [4.78, 5) is 0. The van der Waals surface area contributed by atoms with Gasteiger partial charge in [0.25, 0.3) is 0 Å². The molecule has 1 aliphatic rings. The number of unbranched alkanes of at least 4 members (excludes halogenated alkanes) is 1. The van der Waals surface area contributed by atoms with E-state index in [1.54, 1.807) is 0 Å². The summed E-state index contributed by atoms with van der Waals surface area (Å²) in [6.07, 6.45) is 6.75. The lowest BCUT2D eigenvalue weighted by Crippen LogP contribution is -2.43. The number of hydrogen-bond donors (Lipinski definition) is 1. The van der Waals surface area contributed by atoms with Crippen molar-refractivity contribution in [2.45, 2.75) is 71.1 Å². The fourth-order valence-electron chi connectivity index (χ4n) is 2.61. The van der Waals surface area contributed by atoms with E-state index in [-0.39, 0.29) is 0 Å². The van der Waals surface area contributed by atoms with E-state index in [4.69, 9.17) is 0 Å². The molecule has 2 atom stereocenters. The Morgan fingerprint density at radius 1 is 1.25 bits per heavy atom. The first-order chi connectivity index (χ1) is 7.61. The molecule has 0 aromatic heterocycles. The van der Waals surface area contributed by atoms with Crippen LogP contribution in [0.15, 0.2) is 0 Å². The summed E-state index contributed by atoms with van der Waals surface area (Å²) in [5.41, 5.74) is 0.499. The van der Waals surface area contributed by atoms with Crippen LogP contribution in [0.25, 0.3) is 0 Å². The van der Waals surface area contributed by atoms with E-state index in [9.17, 15) is 0 Å². The maximum Gasteiger partial charge on any atom is 0.0237 e. The Balaban J connectivity index is 2.42. The number of thioether (sulfide) groups is 1. The zero-order valence-electron chi connectivity index (χ0n) is 11.5. The molecule has 2 heteroatoms. The largest absolute Gasteiger partial charge is 0.312 e.